The Hall–Kier alpha value is -4.00. The molecule has 0 aromatic rings. The number of amides is 3. The highest BCUT2D eigenvalue weighted by Crippen LogP contribution is 2.17. The number of ketones is 2. The summed E-state index contributed by atoms with van der Waals surface area (Å²) in [6.45, 7) is 3.23. The first-order valence-corrected chi connectivity index (χ1v) is 23.7. The van der Waals surface area contributed by atoms with Gasteiger partial charge in [-0.05, 0) is 44.9 Å². The van der Waals surface area contributed by atoms with Crippen LogP contribution in [0, 0.1) is 5.92 Å². The maximum atomic E-state index is 12.4. The van der Waals surface area contributed by atoms with E-state index in [1.807, 2.05) is 0 Å². The van der Waals surface area contributed by atoms with Gasteiger partial charge in [0.15, 0.2) is 5.78 Å². The zero-order valence-electron chi connectivity index (χ0n) is 38.6. The Bertz CT molecular complexity index is 1300. The molecule has 0 fully saturated rings. The molecule has 0 aliphatic carbocycles. The SMILES string of the molecule is CCC(=O)NCCCCC(NC(=O)COCCOCCCC(=O)COCCOCCNC(=O)CCC(CC(=O)CCCCCCCCCCCCCCCCC(=O)O)C(=O)O)C(=O)O. The minimum absolute atomic E-state index is 0.0105. The lowest BCUT2D eigenvalue weighted by molar-refractivity contribution is -0.144. The van der Waals surface area contributed by atoms with Gasteiger partial charge in [0.25, 0.3) is 0 Å². The van der Waals surface area contributed by atoms with Gasteiger partial charge in [0.2, 0.25) is 17.7 Å². The molecule has 64 heavy (non-hydrogen) atoms. The number of ether oxygens (including phenoxy) is 4. The van der Waals surface area contributed by atoms with Crippen molar-refractivity contribution in [2.75, 3.05) is 65.9 Å². The van der Waals surface area contributed by atoms with Crippen molar-refractivity contribution in [2.24, 2.45) is 5.92 Å². The van der Waals surface area contributed by atoms with Crippen LogP contribution in [0.2, 0.25) is 0 Å². The van der Waals surface area contributed by atoms with E-state index in [4.69, 9.17) is 24.1 Å². The molecular weight excluding hydrogens is 835 g/mol. The lowest BCUT2D eigenvalue weighted by Crippen LogP contribution is -2.42. The fourth-order valence-electron chi connectivity index (χ4n) is 6.62. The van der Waals surface area contributed by atoms with Crippen molar-refractivity contribution < 1.29 is 72.6 Å². The van der Waals surface area contributed by atoms with Crippen molar-refractivity contribution in [3.8, 4) is 0 Å². The largest absolute Gasteiger partial charge is 0.481 e. The molecule has 2 unspecified atom stereocenters. The first kappa shape index (κ1) is 60.0. The minimum Gasteiger partial charge on any atom is -0.481 e. The highest BCUT2D eigenvalue weighted by molar-refractivity contribution is 5.85. The number of carboxylic acid groups (broad SMARTS) is 3. The summed E-state index contributed by atoms with van der Waals surface area (Å²) in [6.07, 6.45) is 18.3. The molecule has 370 valence electrons. The van der Waals surface area contributed by atoms with E-state index in [2.05, 4.69) is 16.0 Å². The Balaban J connectivity index is 3.74. The van der Waals surface area contributed by atoms with Gasteiger partial charge in [0.05, 0.1) is 39.0 Å². The van der Waals surface area contributed by atoms with Crippen LogP contribution in [-0.4, -0.2) is 135 Å². The molecule has 18 nitrogen and oxygen atoms in total. The fourth-order valence-corrected chi connectivity index (χ4v) is 6.62. The number of nitrogens with one attached hydrogen (secondary N) is 3. The third kappa shape index (κ3) is 40.8. The van der Waals surface area contributed by atoms with E-state index in [1.54, 1.807) is 6.92 Å². The predicted molar refractivity (Wildman–Crippen MR) is 239 cm³/mol. The highest BCUT2D eigenvalue weighted by atomic mass is 16.5. The molecule has 3 amide bonds. The number of rotatable bonds is 48. The topological polar surface area (TPSA) is 270 Å². The predicted octanol–water partition coefficient (Wildman–Crippen LogP) is 5.55. The maximum absolute atomic E-state index is 12.4. The molecule has 2 atom stereocenters. The molecular formula is C46H81N3O15. The van der Waals surface area contributed by atoms with Gasteiger partial charge in [-0.1, -0.05) is 84.0 Å². The standard InChI is InChI=1S/C46H81N3O15/c1-2-41(52)47-26-18-17-22-40(46(59)60)49-43(54)36-64-33-30-61-28-19-21-39(51)35-63-32-31-62-29-27-48-42(53)25-24-37(45(57)58)34-38(50)20-15-13-11-9-7-5-3-4-6-8-10-12-14-16-23-44(55)56/h37,40H,2-36H2,1H3,(H,47,52)(H,48,53)(H,49,54)(H,55,56)(H,57,58)(H,59,60). The maximum Gasteiger partial charge on any atom is 0.326 e. The van der Waals surface area contributed by atoms with Gasteiger partial charge < -0.3 is 50.2 Å². The molecule has 0 rings (SSSR count). The summed E-state index contributed by atoms with van der Waals surface area (Å²) in [4.78, 5) is 93.7. The number of aliphatic carboxylic acids is 3. The van der Waals surface area contributed by atoms with E-state index in [9.17, 15) is 48.6 Å². The Morgan fingerprint density at radius 3 is 1.52 bits per heavy atom. The molecule has 18 heteroatoms. The van der Waals surface area contributed by atoms with Crippen LogP contribution in [0.4, 0.5) is 0 Å². The lowest BCUT2D eigenvalue weighted by Gasteiger charge is -2.14. The normalized spacial score (nSPS) is 12.0. The third-order valence-corrected chi connectivity index (χ3v) is 10.4. The van der Waals surface area contributed by atoms with Crippen molar-refractivity contribution in [3.63, 3.8) is 0 Å². The van der Waals surface area contributed by atoms with E-state index in [1.165, 1.54) is 44.9 Å². The molecule has 0 aliphatic heterocycles. The number of hydrogen-bond acceptors (Lipinski definition) is 12. The van der Waals surface area contributed by atoms with E-state index >= 15 is 0 Å². The second-order valence-corrected chi connectivity index (χ2v) is 16.1. The summed E-state index contributed by atoms with van der Waals surface area (Å²) >= 11 is 0. The van der Waals surface area contributed by atoms with Crippen LogP contribution < -0.4 is 16.0 Å². The smallest absolute Gasteiger partial charge is 0.326 e. The van der Waals surface area contributed by atoms with Crippen molar-refractivity contribution in [1.29, 1.82) is 0 Å². The van der Waals surface area contributed by atoms with Crippen molar-refractivity contribution in [3.05, 3.63) is 0 Å². The van der Waals surface area contributed by atoms with Crippen molar-refractivity contribution in [2.45, 2.75) is 173 Å². The second-order valence-electron chi connectivity index (χ2n) is 16.1. The van der Waals surface area contributed by atoms with Gasteiger partial charge in [0.1, 0.15) is 25.0 Å². The van der Waals surface area contributed by atoms with Crippen LogP contribution in [0.15, 0.2) is 0 Å². The Kier molecular flexibility index (Phi) is 40.2. The van der Waals surface area contributed by atoms with Gasteiger partial charge in [-0.25, -0.2) is 4.79 Å². The van der Waals surface area contributed by atoms with Crippen molar-refractivity contribution in [1.82, 2.24) is 16.0 Å². The second kappa shape index (κ2) is 42.9. The molecule has 0 spiro atoms. The molecule has 0 aliphatic rings. The van der Waals surface area contributed by atoms with E-state index in [-0.39, 0.29) is 115 Å². The molecule has 0 saturated carbocycles. The molecule has 0 heterocycles. The third-order valence-electron chi connectivity index (χ3n) is 10.4. The Labute approximate surface area is 380 Å². The molecule has 0 aromatic heterocycles. The van der Waals surface area contributed by atoms with Crippen LogP contribution >= 0.6 is 0 Å². The average molecular weight is 916 g/mol. The summed E-state index contributed by atoms with van der Waals surface area (Å²) < 4.78 is 21.4. The molecule has 0 radical (unpaired) electrons. The van der Waals surface area contributed by atoms with E-state index in [0.29, 0.717) is 45.3 Å². The first-order chi connectivity index (χ1) is 30.8. The van der Waals surface area contributed by atoms with E-state index < -0.39 is 35.8 Å². The van der Waals surface area contributed by atoms with Gasteiger partial charge in [-0.15, -0.1) is 0 Å². The molecule has 0 saturated heterocycles. The molecule has 6 N–H and O–H groups in total. The molecule has 0 bridgehead atoms. The van der Waals surface area contributed by atoms with Crippen LogP contribution in [0.5, 0.6) is 0 Å². The van der Waals surface area contributed by atoms with Gasteiger partial charge in [-0.2, -0.15) is 0 Å². The number of hydrogen-bond donors (Lipinski definition) is 6. The lowest BCUT2D eigenvalue weighted by atomic mass is 9.94. The summed E-state index contributed by atoms with van der Waals surface area (Å²) in [6, 6.07) is -1.05. The fraction of sp³-hybridized carbons (Fsp3) is 0.826. The number of Topliss-reactive ketones (excluding diaryl/α,β-unsaturated/α-hetero) is 2. The van der Waals surface area contributed by atoms with Gasteiger partial charge >= 0.3 is 17.9 Å². The van der Waals surface area contributed by atoms with E-state index in [0.717, 1.165) is 44.9 Å². The monoisotopic (exact) mass is 916 g/mol. The number of carbonyl (C=O) groups is 8. The van der Waals surface area contributed by atoms with Crippen molar-refractivity contribution >= 4 is 47.2 Å². The number of unbranched alkanes of at least 4 members (excludes halogenated alkanes) is 14. The molecule has 0 aromatic carbocycles. The average Bonchev–Trinajstić information content (AvgIpc) is 3.25. The number of carboxylic acids is 3. The highest BCUT2D eigenvalue weighted by Gasteiger charge is 2.22. The van der Waals surface area contributed by atoms with Crippen LogP contribution in [0.3, 0.4) is 0 Å². The zero-order valence-corrected chi connectivity index (χ0v) is 38.6. The minimum atomic E-state index is -1.14. The Morgan fingerprint density at radius 2 is 0.953 bits per heavy atom. The Morgan fingerprint density at radius 1 is 0.438 bits per heavy atom. The van der Waals surface area contributed by atoms with Crippen LogP contribution in [0.1, 0.15) is 167 Å². The summed E-state index contributed by atoms with van der Waals surface area (Å²) in [5.41, 5.74) is 0. The summed E-state index contributed by atoms with van der Waals surface area (Å²) in [5, 5.41) is 35.4. The van der Waals surface area contributed by atoms with Crippen LogP contribution in [0.25, 0.3) is 0 Å². The summed E-state index contributed by atoms with van der Waals surface area (Å²) in [5.74, 6) is -4.98. The van der Waals surface area contributed by atoms with Crippen LogP contribution in [-0.2, 0) is 57.3 Å². The van der Waals surface area contributed by atoms with Gasteiger partial charge in [0, 0.05) is 58.2 Å². The van der Waals surface area contributed by atoms with Gasteiger partial charge in [-0.3, -0.25) is 33.6 Å². The summed E-state index contributed by atoms with van der Waals surface area (Å²) in [7, 11) is 0. The number of carbonyl (C=O) groups excluding carboxylic acids is 5. The quantitative estimate of drug-likeness (QED) is 0.0409. The first-order valence-electron chi connectivity index (χ1n) is 23.7. The zero-order chi connectivity index (χ0) is 47.5.